The average molecular weight is 344 g/mol. The van der Waals surface area contributed by atoms with Crippen LogP contribution in [0.3, 0.4) is 0 Å². The van der Waals surface area contributed by atoms with E-state index in [1.165, 1.54) is 11.8 Å². The highest BCUT2D eigenvalue weighted by molar-refractivity contribution is 7.93. The Bertz CT molecular complexity index is 836. The molecular formula is C12H16N4O4S2. The normalized spacial score (nSPS) is 11.5. The number of aryl methyl sites for hydroxylation is 3. The van der Waals surface area contributed by atoms with Gasteiger partial charge in [-0.2, -0.15) is 5.10 Å². The number of esters is 1. The fourth-order valence-corrected chi connectivity index (χ4v) is 4.59. The molecule has 0 spiro atoms. The van der Waals surface area contributed by atoms with Crippen LogP contribution in [-0.2, 0) is 21.8 Å². The molecule has 0 atom stereocenters. The zero-order chi connectivity index (χ0) is 16.7. The number of nitrogens with zero attached hydrogens (tertiary/aromatic N) is 3. The van der Waals surface area contributed by atoms with Crippen LogP contribution in [0.2, 0.25) is 0 Å². The topological polar surface area (TPSA) is 103 Å². The highest BCUT2D eigenvalue weighted by Gasteiger charge is 2.26. The first-order valence-corrected chi connectivity index (χ1v) is 8.56. The lowest BCUT2D eigenvalue weighted by atomic mass is 10.4. The van der Waals surface area contributed by atoms with E-state index < -0.39 is 16.0 Å². The molecule has 0 aliphatic carbocycles. The molecule has 2 aromatic heterocycles. The molecular weight excluding hydrogens is 328 g/mol. The second-order valence-corrected chi connectivity index (χ2v) is 7.27. The summed E-state index contributed by atoms with van der Waals surface area (Å²) in [5.41, 5.74) is 1.33. The van der Waals surface area contributed by atoms with Crippen molar-refractivity contribution in [2.24, 2.45) is 7.05 Å². The molecule has 10 heteroatoms. The molecule has 0 aromatic carbocycles. The minimum atomic E-state index is -3.83. The van der Waals surface area contributed by atoms with Crippen LogP contribution in [0.15, 0.2) is 4.90 Å². The molecule has 0 unspecified atom stereocenters. The fourth-order valence-electron chi connectivity index (χ4n) is 2.03. The van der Waals surface area contributed by atoms with Crippen LogP contribution in [-0.4, -0.2) is 36.3 Å². The van der Waals surface area contributed by atoms with Crippen molar-refractivity contribution in [1.82, 2.24) is 14.8 Å². The van der Waals surface area contributed by atoms with Gasteiger partial charge in [-0.1, -0.05) is 11.3 Å². The van der Waals surface area contributed by atoms with Gasteiger partial charge in [-0.3, -0.25) is 9.40 Å². The lowest BCUT2D eigenvalue weighted by Crippen LogP contribution is -2.14. The zero-order valence-corrected chi connectivity index (χ0v) is 14.4. The van der Waals surface area contributed by atoms with Gasteiger partial charge in [-0.25, -0.2) is 18.2 Å². The smallest absolute Gasteiger partial charge is 0.350 e. The molecule has 0 fully saturated rings. The minimum absolute atomic E-state index is 0.112. The number of hydrogen-bond donors (Lipinski definition) is 1. The van der Waals surface area contributed by atoms with Crippen molar-refractivity contribution >= 4 is 32.5 Å². The number of anilines is 1. The number of methoxy groups -OCH3 is 1. The van der Waals surface area contributed by atoms with Crippen molar-refractivity contribution in [1.29, 1.82) is 0 Å². The van der Waals surface area contributed by atoms with Crippen LogP contribution in [0.4, 0.5) is 5.13 Å². The van der Waals surface area contributed by atoms with E-state index in [0.717, 1.165) is 11.3 Å². The van der Waals surface area contributed by atoms with Crippen molar-refractivity contribution in [3.05, 3.63) is 22.0 Å². The van der Waals surface area contributed by atoms with Gasteiger partial charge < -0.3 is 4.74 Å². The summed E-state index contributed by atoms with van der Waals surface area (Å²) in [5.74, 6) is -0.547. The molecule has 0 radical (unpaired) electrons. The highest BCUT2D eigenvalue weighted by atomic mass is 32.2. The number of carbonyl (C=O) groups is 1. The minimum Gasteiger partial charge on any atom is -0.465 e. The molecule has 22 heavy (non-hydrogen) atoms. The maximum Gasteiger partial charge on any atom is 0.350 e. The Morgan fingerprint density at radius 3 is 2.41 bits per heavy atom. The molecule has 2 heterocycles. The van der Waals surface area contributed by atoms with Crippen molar-refractivity contribution in [2.75, 3.05) is 11.8 Å². The maximum absolute atomic E-state index is 12.5. The molecule has 0 aliphatic rings. The van der Waals surface area contributed by atoms with Gasteiger partial charge in [0.15, 0.2) is 5.13 Å². The average Bonchev–Trinajstić information content (AvgIpc) is 2.88. The number of hydrogen-bond acceptors (Lipinski definition) is 7. The summed E-state index contributed by atoms with van der Waals surface area (Å²) in [5, 5.41) is 4.20. The summed E-state index contributed by atoms with van der Waals surface area (Å²) in [6.45, 7) is 4.90. The van der Waals surface area contributed by atoms with Gasteiger partial charge in [0.05, 0.1) is 24.2 Å². The van der Waals surface area contributed by atoms with Crippen molar-refractivity contribution in [2.45, 2.75) is 25.7 Å². The number of ether oxygens (including phenoxy) is 1. The Morgan fingerprint density at radius 1 is 1.27 bits per heavy atom. The van der Waals surface area contributed by atoms with E-state index in [4.69, 9.17) is 0 Å². The molecule has 0 saturated carbocycles. The molecule has 0 saturated heterocycles. The number of thiazole rings is 1. The molecule has 2 aromatic rings. The van der Waals surface area contributed by atoms with E-state index in [1.807, 2.05) is 0 Å². The number of rotatable bonds is 4. The zero-order valence-electron chi connectivity index (χ0n) is 12.8. The van der Waals surface area contributed by atoms with Crippen molar-refractivity contribution < 1.29 is 17.9 Å². The Kier molecular flexibility index (Phi) is 4.25. The Morgan fingerprint density at radius 2 is 1.91 bits per heavy atom. The van der Waals surface area contributed by atoms with Gasteiger partial charge in [0, 0.05) is 7.05 Å². The van der Waals surface area contributed by atoms with Crippen LogP contribution in [0.5, 0.6) is 0 Å². The lowest BCUT2D eigenvalue weighted by molar-refractivity contribution is 0.0605. The Hall–Kier alpha value is -1.94. The van der Waals surface area contributed by atoms with Gasteiger partial charge in [0.25, 0.3) is 10.0 Å². The van der Waals surface area contributed by atoms with Crippen molar-refractivity contribution in [3.63, 3.8) is 0 Å². The predicted molar refractivity (Wildman–Crippen MR) is 81.7 cm³/mol. The van der Waals surface area contributed by atoms with Gasteiger partial charge in [-0.05, 0) is 20.8 Å². The highest BCUT2D eigenvalue weighted by Crippen LogP contribution is 2.27. The van der Waals surface area contributed by atoms with E-state index in [2.05, 4.69) is 19.5 Å². The van der Waals surface area contributed by atoms with Gasteiger partial charge in [-0.15, -0.1) is 0 Å². The van der Waals surface area contributed by atoms with E-state index in [0.29, 0.717) is 17.1 Å². The van der Waals surface area contributed by atoms with Crippen LogP contribution in [0.25, 0.3) is 0 Å². The molecule has 0 aliphatic heterocycles. The summed E-state index contributed by atoms with van der Waals surface area (Å²) in [6, 6.07) is 0. The van der Waals surface area contributed by atoms with E-state index in [1.54, 1.807) is 27.8 Å². The first-order chi connectivity index (χ1) is 10.2. The molecule has 2 rings (SSSR count). The van der Waals surface area contributed by atoms with Crippen LogP contribution in [0.1, 0.15) is 26.8 Å². The van der Waals surface area contributed by atoms with Gasteiger partial charge >= 0.3 is 5.97 Å². The number of carbonyl (C=O) groups excluding carboxylic acids is 1. The van der Waals surface area contributed by atoms with Crippen LogP contribution >= 0.6 is 11.3 Å². The first-order valence-electron chi connectivity index (χ1n) is 6.26. The second kappa shape index (κ2) is 5.69. The maximum atomic E-state index is 12.5. The summed E-state index contributed by atoms with van der Waals surface area (Å²) in [6.07, 6.45) is 0. The van der Waals surface area contributed by atoms with Crippen LogP contribution < -0.4 is 4.72 Å². The largest absolute Gasteiger partial charge is 0.465 e. The SMILES string of the molecule is COC(=O)c1sc(NS(=O)(=O)c2c(C)nn(C)c2C)nc1C. The number of nitrogens with one attached hydrogen (secondary N) is 1. The standard InChI is InChI=1S/C12H16N4O4S2/c1-6-9(11(17)20-5)21-12(13-6)15-22(18,19)10-7(2)14-16(4)8(10)3/h1-5H3,(H,13,15). The third-order valence-electron chi connectivity index (χ3n) is 3.10. The quantitative estimate of drug-likeness (QED) is 0.841. The van der Waals surface area contributed by atoms with Gasteiger partial charge in [0.1, 0.15) is 9.77 Å². The number of aromatic nitrogens is 3. The Balaban J connectivity index is 2.40. The number of sulfonamides is 1. The summed E-state index contributed by atoms with van der Waals surface area (Å²) in [4.78, 5) is 16.0. The Labute approximate surface area is 132 Å². The predicted octanol–water partition coefficient (Wildman–Crippen LogP) is 1.39. The summed E-state index contributed by atoms with van der Waals surface area (Å²) >= 11 is 0.929. The molecule has 0 bridgehead atoms. The molecule has 0 amide bonds. The first kappa shape index (κ1) is 16.4. The third-order valence-corrected chi connectivity index (χ3v) is 5.87. The van der Waals surface area contributed by atoms with Crippen LogP contribution in [0, 0.1) is 20.8 Å². The summed E-state index contributed by atoms with van der Waals surface area (Å²) < 4.78 is 33.5. The van der Waals surface area contributed by atoms with Gasteiger partial charge in [0.2, 0.25) is 0 Å². The summed E-state index contributed by atoms with van der Waals surface area (Å²) in [7, 11) is -0.899. The van der Waals surface area contributed by atoms with Crippen molar-refractivity contribution in [3.8, 4) is 0 Å². The van der Waals surface area contributed by atoms with E-state index in [-0.39, 0.29) is 14.9 Å². The molecule has 8 nitrogen and oxygen atoms in total. The molecule has 120 valence electrons. The monoisotopic (exact) mass is 344 g/mol. The lowest BCUT2D eigenvalue weighted by Gasteiger charge is -2.05. The fraction of sp³-hybridized carbons (Fsp3) is 0.417. The molecule has 1 N–H and O–H groups in total. The van der Waals surface area contributed by atoms with E-state index >= 15 is 0 Å². The third kappa shape index (κ3) is 2.83. The van der Waals surface area contributed by atoms with E-state index in [9.17, 15) is 13.2 Å². The second-order valence-electron chi connectivity index (χ2n) is 4.65.